The van der Waals surface area contributed by atoms with E-state index in [1.165, 1.54) is 22.4 Å². The van der Waals surface area contributed by atoms with Gasteiger partial charge in [0.1, 0.15) is 0 Å². The number of nitrogens with zero attached hydrogens (tertiary/aromatic N) is 3. The maximum atomic E-state index is 12.7. The van der Waals surface area contributed by atoms with Gasteiger partial charge in [-0.15, -0.1) is 12.4 Å². The quantitative estimate of drug-likeness (QED) is 0.842. The first-order valence-electron chi connectivity index (χ1n) is 7.21. The van der Waals surface area contributed by atoms with Crippen molar-refractivity contribution in [2.24, 2.45) is 4.99 Å². The number of halogens is 1. The SMILES string of the molecule is Cl.O=C(c1ccccc1)N1C=CN=CCN1C(=O)c1ccccc1. The Morgan fingerprint density at radius 2 is 1.38 bits per heavy atom. The van der Waals surface area contributed by atoms with E-state index in [0.29, 0.717) is 11.1 Å². The van der Waals surface area contributed by atoms with Crippen LogP contribution in [0.25, 0.3) is 0 Å². The molecular formula is C18H16ClN3O2. The highest BCUT2D eigenvalue weighted by molar-refractivity contribution is 6.00. The van der Waals surface area contributed by atoms with E-state index in [0.717, 1.165) is 0 Å². The Morgan fingerprint density at radius 1 is 0.833 bits per heavy atom. The molecule has 24 heavy (non-hydrogen) atoms. The molecule has 0 atom stereocenters. The van der Waals surface area contributed by atoms with Gasteiger partial charge in [0.05, 0.1) is 6.54 Å². The zero-order valence-electron chi connectivity index (χ0n) is 12.8. The topological polar surface area (TPSA) is 53.0 Å². The summed E-state index contributed by atoms with van der Waals surface area (Å²) in [5, 5.41) is 2.68. The first kappa shape index (κ1) is 17.4. The average molecular weight is 342 g/mol. The summed E-state index contributed by atoms with van der Waals surface area (Å²) in [6.07, 6.45) is 4.59. The predicted molar refractivity (Wildman–Crippen MR) is 95.0 cm³/mol. The summed E-state index contributed by atoms with van der Waals surface area (Å²) in [6.45, 7) is 0.222. The number of carbonyl (C=O) groups excluding carboxylic acids is 2. The van der Waals surface area contributed by atoms with E-state index in [1.807, 2.05) is 12.1 Å². The van der Waals surface area contributed by atoms with Crippen molar-refractivity contribution in [2.45, 2.75) is 0 Å². The summed E-state index contributed by atoms with van der Waals surface area (Å²) in [5.74, 6) is -0.537. The highest BCUT2D eigenvalue weighted by atomic mass is 35.5. The molecule has 2 aromatic rings. The lowest BCUT2D eigenvalue weighted by Gasteiger charge is -2.30. The van der Waals surface area contributed by atoms with Gasteiger partial charge in [0.2, 0.25) is 0 Å². The predicted octanol–water partition coefficient (Wildman–Crippen LogP) is 3.16. The number of amides is 2. The number of rotatable bonds is 2. The van der Waals surface area contributed by atoms with Gasteiger partial charge in [-0.1, -0.05) is 36.4 Å². The van der Waals surface area contributed by atoms with Crippen LogP contribution >= 0.6 is 12.4 Å². The fraction of sp³-hybridized carbons (Fsp3) is 0.0556. The van der Waals surface area contributed by atoms with Crippen LogP contribution in [0.5, 0.6) is 0 Å². The van der Waals surface area contributed by atoms with E-state index >= 15 is 0 Å². The molecule has 0 aromatic heterocycles. The molecule has 0 unspecified atom stereocenters. The van der Waals surface area contributed by atoms with Crippen LogP contribution < -0.4 is 0 Å². The summed E-state index contributed by atoms with van der Waals surface area (Å²) in [6, 6.07) is 17.7. The molecule has 5 nitrogen and oxygen atoms in total. The van der Waals surface area contributed by atoms with E-state index in [1.54, 1.807) is 54.7 Å². The van der Waals surface area contributed by atoms with Crippen LogP contribution in [0.3, 0.4) is 0 Å². The zero-order chi connectivity index (χ0) is 16.1. The minimum atomic E-state index is -0.281. The van der Waals surface area contributed by atoms with Crippen molar-refractivity contribution in [1.29, 1.82) is 0 Å². The van der Waals surface area contributed by atoms with Gasteiger partial charge in [0.15, 0.2) is 0 Å². The van der Waals surface area contributed by atoms with Crippen molar-refractivity contribution in [3.63, 3.8) is 0 Å². The summed E-state index contributed by atoms with van der Waals surface area (Å²) in [4.78, 5) is 29.5. The van der Waals surface area contributed by atoms with Crippen LogP contribution in [0.4, 0.5) is 0 Å². The van der Waals surface area contributed by atoms with Gasteiger partial charge in [-0.3, -0.25) is 14.6 Å². The molecule has 2 amide bonds. The summed E-state index contributed by atoms with van der Waals surface area (Å²) in [5.41, 5.74) is 1.02. The first-order chi connectivity index (χ1) is 11.3. The fourth-order valence-corrected chi connectivity index (χ4v) is 2.26. The summed E-state index contributed by atoms with van der Waals surface area (Å²) in [7, 11) is 0. The van der Waals surface area contributed by atoms with Gasteiger partial charge in [-0.25, -0.2) is 10.0 Å². The molecule has 1 heterocycles. The Bertz CT molecular complexity index is 760. The van der Waals surface area contributed by atoms with Crippen LogP contribution in [0.2, 0.25) is 0 Å². The number of hydrogen-bond donors (Lipinski definition) is 0. The molecule has 0 fully saturated rings. The molecular weight excluding hydrogens is 326 g/mol. The lowest BCUT2D eigenvalue weighted by molar-refractivity contribution is 0.0231. The van der Waals surface area contributed by atoms with Crippen molar-refractivity contribution in [3.05, 3.63) is 84.2 Å². The van der Waals surface area contributed by atoms with Crippen LogP contribution in [-0.2, 0) is 0 Å². The van der Waals surface area contributed by atoms with Gasteiger partial charge in [-0.2, -0.15) is 0 Å². The van der Waals surface area contributed by atoms with Gasteiger partial charge in [0, 0.05) is 29.7 Å². The molecule has 0 aliphatic carbocycles. The molecule has 122 valence electrons. The maximum absolute atomic E-state index is 12.7. The van der Waals surface area contributed by atoms with E-state index < -0.39 is 0 Å². The minimum Gasteiger partial charge on any atom is -0.267 e. The molecule has 0 N–H and O–H groups in total. The second-order valence-electron chi connectivity index (χ2n) is 4.90. The van der Waals surface area contributed by atoms with Gasteiger partial charge in [-0.05, 0) is 24.3 Å². The second kappa shape index (κ2) is 8.08. The molecule has 0 saturated carbocycles. The molecule has 0 saturated heterocycles. The number of benzene rings is 2. The number of carbonyl (C=O) groups is 2. The third kappa shape index (κ3) is 3.70. The number of hydrazine groups is 1. The Hall–Kier alpha value is -2.92. The lowest BCUT2D eigenvalue weighted by Crippen LogP contribution is -2.47. The normalized spacial score (nSPS) is 13.2. The summed E-state index contributed by atoms with van der Waals surface area (Å²) >= 11 is 0. The van der Waals surface area contributed by atoms with Crippen molar-refractivity contribution < 1.29 is 9.59 Å². The molecule has 2 aromatic carbocycles. The molecule has 0 spiro atoms. The largest absolute Gasteiger partial charge is 0.276 e. The van der Waals surface area contributed by atoms with Crippen molar-refractivity contribution in [1.82, 2.24) is 10.0 Å². The molecule has 3 rings (SSSR count). The van der Waals surface area contributed by atoms with Crippen LogP contribution in [0.1, 0.15) is 20.7 Å². The van der Waals surface area contributed by atoms with E-state index in [2.05, 4.69) is 4.99 Å². The molecule has 1 aliphatic rings. The van der Waals surface area contributed by atoms with Gasteiger partial charge < -0.3 is 0 Å². The second-order valence-corrected chi connectivity index (χ2v) is 4.90. The third-order valence-electron chi connectivity index (χ3n) is 3.40. The Kier molecular flexibility index (Phi) is 5.87. The van der Waals surface area contributed by atoms with E-state index in [4.69, 9.17) is 0 Å². The number of hydrogen-bond acceptors (Lipinski definition) is 3. The van der Waals surface area contributed by atoms with Gasteiger partial charge in [0.25, 0.3) is 11.8 Å². The monoisotopic (exact) mass is 341 g/mol. The lowest BCUT2D eigenvalue weighted by atomic mass is 10.2. The smallest absolute Gasteiger partial charge is 0.267 e. The Morgan fingerprint density at radius 3 is 1.96 bits per heavy atom. The highest BCUT2D eigenvalue weighted by Gasteiger charge is 2.26. The average Bonchev–Trinajstić information content (AvgIpc) is 2.88. The van der Waals surface area contributed by atoms with Crippen LogP contribution in [0.15, 0.2) is 78.1 Å². The summed E-state index contributed by atoms with van der Waals surface area (Å²) < 4.78 is 0. The zero-order valence-corrected chi connectivity index (χ0v) is 13.6. The van der Waals surface area contributed by atoms with E-state index in [9.17, 15) is 9.59 Å². The van der Waals surface area contributed by atoms with Crippen molar-refractivity contribution in [3.8, 4) is 0 Å². The first-order valence-corrected chi connectivity index (χ1v) is 7.21. The Balaban J connectivity index is 0.00000208. The molecule has 6 heteroatoms. The van der Waals surface area contributed by atoms with Crippen LogP contribution in [0, 0.1) is 0 Å². The molecule has 0 bridgehead atoms. The molecule has 0 radical (unpaired) electrons. The van der Waals surface area contributed by atoms with Crippen molar-refractivity contribution >= 4 is 30.4 Å². The third-order valence-corrected chi connectivity index (χ3v) is 3.40. The highest BCUT2D eigenvalue weighted by Crippen LogP contribution is 2.14. The molecule has 1 aliphatic heterocycles. The van der Waals surface area contributed by atoms with E-state index in [-0.39, 0.29) is 30.8 Å². The minimum absolute atomic E-state index is 0. The van der Waals surface area contributed by atoms with Gasteiger partial charge >= 0.3 is 0 Å². The van der Waals surface area contributed by atoms with Crippen molar-refractivity contribution in [2.75, 3.05) is 6.54 Å². The van der Waals surface area contributed by atoms with Crippen LogP contribution in [-0.4, -0.2) is 34.6 Å². The maximum Gasteiger partial charge on any atom is 0.276 e. The Labute approximate surface area is 146 Å². The fourth-order valence-electron chi connectivity index (χ4n) is 2.26. The number of aliphatic imine (C=N–C) groups is 1. The standard InChI is InChI=1S/C18H15N3O2.ClH/c22-17(15-7-3-1-4-8-15)20-13-11-19-12-14-21(20)18(23)16-9-5-2-6-10-16;/h1-13H,14H2;1H.